The highest BCUT2D eigenvalue weighted by Crippen LogP contribution is 2.17. The van der Waals surface area contributed by atoms with Gasteiger partial charge in [0.1, 0.15) is 0 Å². The van der Waals surface area contributed by atoms with Gasteiger partial charge in [-0.2, -0.15) is 0 Å². The third-order valence-electron chi connectivity index (χ3n) is 2.40. The van der Waals surface area contributed by atoms with Gasteiger partial charge in [0.25, 0.3) is 0 Å². The lowest BCUT2D eigenvalue weighted by atomic mass is 9.89. The van der Waals surface area contributed by atoms with Crippen molar-refractivity contribution >= 4 is 5.91 Å². The number of carbonyl (C=O) groups is 1. The quantitative estimate of drug-likeness (QED) is 0.781. The zero-order chi connectivity index (χ0) is 12.0. The molecule has 0 aromatic carbocycles. The molecule has 0 saturated carbocycles. The summed E-state index contributed by atoms with van der Waals surface area (Å²) >= 11 is 0. The molecule has 0 aliphatic carbocycles. The molecule has 0 saturated heterocycles. The number of hydrogen-bond acceptors (Lipinski definition) is 3. The average Bonchev–Trinajstić information content (AvgIpc) is 2.27. The smallest absolute Gasteiger partial charge is 0.220 e. The fourth-order valence-corrected chi connectivity index (χ4v) is 1.27. The Morgan fingerprint density at radius 2 is 2.31 bits per heavy atom. The first-order chi connectivity index (χ1) is 7.53. The molecular weight excluding hydrogens is 202 g/mol. The number of pyridine rings is 1. The summed E-state index contributed by atoms with van der Waals surface area (Å²) in [6.07, 6.45) is 3.90. The molecule has 0 fully saturated rings. The summed E-state index contributed by atoms with van der Waals surface area (Å²) in [5.74, 6) is 0.0271. The minimum absolute atomic E-state index is 0.0271. The van der Waals surface area contributed by atoms with Gasteiger partial charge in [0.05, 0.1) is 0 Å². The third kappa shape index (κ3) is 4.40. The lowest BCUT2D eigenvalue weighted by Gasteiger charge is -2.21. The van der Waals surface area contributed by atoms with Crippen molar-refractivity contribution in [2.75, 3.05) is 6.54 Å². The van der Waals surface area contributed by atoms with Crippen LogP contribution < -0.4 is 11.1 Å². The highest BCUT2D eigenvalue weighted by molar-refractivity contribution is 5.76. The van der Waals surface area contributed by atoms with Crippen LogP contribution in [0.2, 0.25) is 0 Å². The van der Waals surface area contributed by atoms with Crippen LogP contribution in [-0.4, -0.2) is 17.4 Å². The van der Waals surface area contributed by atoms with Crippen LogP contribution in [0.25, 0.3) is 0 Å². The van der Waals surface area contributed by atoms with Crippen molar-refractivity contribution in [3.05, 3.63) is 30.1 Å². The van der Waals surface area contributed by atoms with E-state index in [9.17, 15) is 4.79 Å². The highest BCUT2D eigenvalue weighted by Gasteiger charge is 2.19. The molecule has 1 aromatic heterocycles. The maximum Gasteiger partial charge on any atom is 0.220 e. The molecule has 3 N–H and O–H groups in total. The van der Waals surface area contributed by atoms with Crippen LogP contribution in [0.4, 0.5) is 0 Å². The second kappa shape index (κ2) is 5.61. The molecule has 0 aliphatic rings. The predicted molar refractivity (Wildman–Crippen MR) is 63.5 cm³/mol. The summed E-state index contributed by atoms with van der Waals surface area (Å²) in [7, 11) is 0. The lowest BCUT2D eigenvalue weighted by molar-refractivity contribution is -0.123. The van der Waals surface area contributed by atoms with Crippen LogP contribution in [0.15, 0.2) is 24.5 Å². The zero-order valence-corrected chi connectivity index (χ0v) is 9.86. The van der Waals surface area contributed by atoms with E-state index in [0.29, 0.717) is 19.5 Å². The Balaban J connectivity index is 2.36. The van der Waals surface area contributed by atoms with E-state index in [0.717, 1.165) is 5.56 Å². The molecule has 0 aliphatic heterocycles. The Bertz CT molecular complexity index is 335. The van der Waals surface area contributed by atoms with Gasteiger partial charge in [0, 0.05) is 25.4 Å². The molecular formula is C12H19N3O. The first-order valence-electron chi connectivity index (χ1n) is 5.39. The summed E-state index contributed by atoms with van der Waals surface area (Å²) in [6, 6.07) is 3.78. The van der Waals surface area contributed by atoms with Gasteiger partial charge in [-0.1, -0.05) is 19.9 Å². The fraction of sp³-hybridized carbons (Fsp3) is 0.500. The molecule has 0 radical (unpaired) electrons. The topological polar surface area (TPSA) is 68.0 Å². The van der Waals surface area contributed by atoms with E-state index in [1.54, 1.807) is 12.4 Å². The van der Waals surface area contributed by atoms with Gasteiger partial charge in [-0.15, -0.1) is 0 Å². The van der Waals surface area contributed by atoms with E-state index < -0.39 is 0 Å². The Kier molecular flexibility index (Phi) is 4.43. The Labute approximate surface area is 96.3 Å². The number of carbonyl (C=O) groups excluding carboxylic acids is 1. The Morgan fingerprint density at radius 3 is 2.88 bits per heavy atom. The van der Waals surface area contributed by atoms with Gasteiger partial charge in [-0.3, -0.25) is 9.78 Å². The molecule has 1 heterocycles. The molecule has 4 heteroatoms. The second-order valence-corrected chi connectivity index (χ2v) is 4.68. The molecule has 1 amide bonds. The summed E-state index contributed by atoms with van der Waals surface area (Å²) in [4.78, 5) is 15.6. The van der Waals surface area contributed by atoms with Crippen LogP contribution in [0.3, 0.4) is 0 Å². The van der Waals surface area contributed by atoms with Gasteiger partial charge in [0.2, 0.25) is 5.91 Å². The standard InChI is InChI=1S/C12H19N3O/c1-12(2,9-13)6-11(16)15-8-10-4-3-5-14-7-10/h3-5,7H,6,8-9,13H2,1-2H3,(H,15,16). The van der Waals surface area contributed by atoms with E-state index in [2.05, 4.69) is 10.3 Å². The van der Waals surface area contributed by atoms with Gasteiger partial charge in [-0.25, -0.2) is 0 Å². The first-order valence-corrected chi connectivity index (χ1v) is 5.39. The van der Waals surface area contributed by atoms with Crippen molar-refractivity contribution in [3.63, 3.8) is 0 Å². The molecule has 0 spiro atoms. The number of rotatable bonds is 5. The van der Waals surface area contributed by atoms with Gasteiger partial charge < -0.3 is 11.1 Å². The molecule has 88 valence electrons. The van der Waals surface area contributed by atoms with Crippen molar-refractivity contribution in [1.29, 1.82) is 0 Å². The van der Waals surface area contributed by atoms with Gasteiger partial charge >= 0.3 is 0 Å². The van der Waals surface area contributed by atoms with Crippen LogP contribution >= 0.6 is 0 Å². The number of aromatic nitrogens is 1. The number of nitrogens with zero attached hydrogens (tertiary/aromatic N) is 1. The predicted octanol–water partition coefficient (Wildman–Crippen LogP) is 1.07. The first kappa shape index (κ1) is 12.6. The minimum Gasteiger partial charge on any atom is -0.352 e. The van der Waals surface area contributed by atoms with E-state index in [4.69, 9.17) is 5.73 Å². The number of nitrogens with one attached hydrogen (secondary N) is 1. The maximum absolute atomic E-state index is 11.6. The van der Waals surface area contributed by atoms with Crippen LogP contribution in [-0.2, 0) is 11.3 Å². The van der Waals surface area contributed by atoms with E-state index in [-0.39, 0.29) is 11.3 Å². The van der Waals surface area contributed by atoms with Crippen LogP contribution in [0.5, 0.6) is 0 Å². The van der Waals surface area contributed by atoms with E-state index >= 15 is 0 Å². The largest absolute Gasteiger partial charge is 0.352 e. The van der Waals surface area contributed by atoms with Gasteiger partial charge in [0.15, 0.2) is 0 Å². The normalized spacial score (nSPS) is 11.2. The zero-order valence-electron chi connectivity index (χ0n) is 9.86. The van der Waals surface area contributed by atoms with Crippen molar-refractivity contribution in [1.82, 2.24) is 10.3 Å². The maximum atomic E-state index is 11.6. The van der Waals surface area contributed by atoms with Crippen LogP contribution in [0.1, 0.15) is 25.8 Å². The molecule has 0 bridgehead atoms. The third-order valence-corrected chi connectivity index (χ3v) is 2.40. The van der Waals surface area contributed by atoms with Crippen molar-refractivity contribution < 1.29 is 4.79 Å². The molecule has 16 heavy (non-hydrogen) atoms. The SMILES string of the molecule is CC(C)(CN)CC(=O)NCc1cccnc1. The summed E-state index contributed by atoms with van der Waals surface area (Å²) in [5.41, 5.74) is 6.43. The lowest BCUT2D eigenvalue weighted by Crippen LogP contribution is -2.32. The fourth-order valence-electron chi connectivity index (χ4n) is 1.27. The number of amides is 1. The summed E-state index contributed by atoms with van der Waals surface area (Å²) in [6.45, 7) is 4.99. The molecule has 1 rings (SSSR count). The minimum atomic E-state index is -0.140. The van der Waals surface area contributed by atoms with Crippen molar-refractivity contribution in [2.24, 2.45) is 11.1 Å². The van der Waals surface area contributed by atoms with Crippen molar-refractivity contribution in [2.45, 2.75) is 26.8 Å². The highest BCUT2D eigenvalue weighted by atomic mass is 16.1. The molecule has 0 unspecified atom stereocenters. The number of hydrogen-bond donors (Lipinski definition) is 2. The van der Waals surface area contributed by atoms with E-state index in [1.165, 1.54) is 0 Å². The van der Waals surface area contributed by atoms with Crippen LogP contribution in [0, 0.1) is 5.41 Å². The average molecular weight is 221 g/mol. The van der Waals surface area contributed by atoms with Crippen molar-refractivity contribution in [3.8, 4) is 0 Å². The summed E-state index contributed by atoms with van der Waals surface area (Å²) in [5, 5.41) is 2.85. The Morgan fingerprint density at radius 1 is 1.56 bits per heavy atom. The van der Waals surface area contributed by atoms with E-state index in [1.807, 2.05) is 26.0 Å². The number of nitrogens with two attached hydrogens (primary N) is 1. The molecule has 0 atom stereocenters. The Hall–Kier alpha value is -1.42. The molecule has 4 nitrogen and oxygen atoms in total. The summed E-state index contributed by atoms with van der Waals surface area (Å²) < 4.78 is 0. The monoisotopic (exact) mass is 221 g/mol. The molecule has 1 aromatic rings. The second-order valence-electron chi connectivity index (χ2n) is 4.68. The van der Waals surface area contributed by atoms with Gasteiger partial charge in [-0.05, 0) is 23.6 Å².